The van der Waals surface area contributed by atoms with Crippen molar-refractivity contribution in [1.29, 1.82) is 0 Å². The van der Waals surface area contributed by atoms with Gasteiger partial charge in [-0.15, -0.1) is 0 Å². The Morgan fingerprint density at radius 1 is 0.667 bits per heavy atom. The van der Waals surface area contributed by atoms with Gasteiger partial charge in [0.1, 0.15) is 0 Å². The van der Waals surface area contributed by atoms with Crippen molar-refractivity contribution in [1.82, 2.24) is 0 Å². The minimum absolute atomic E-state index is 0. The normalized spacial score (nSPS) is 5.33. The van der Waals surface area contributed by atoms with Gasteiger partial charge in [-0.3, -0.25) is 0 Å². The number of hydrogen-bond acceptors (Lipinski definition) is 0. The summed E-state index contributed by atoms with van der Waals surface area (Å²) >= 11 is 0. The summed E-state index contributed by atoms with van der Waals surface area (Å²) < 4.78 is 0. The minimum atomic E-state index is 0. The number of hydrogen-bond donors (Lipinski definition) is 0. The molecule has 1 rings (SSSR count). The van der Waals surface area contributed by atoms with Gasteiger partial charge >= 0.3 is 88.7 Å². The van der Waals surface area contributed by atoms with Gasteiger partial charge in [-0.2, -0.15) is 0 Å². The molecule has 1 radical (unpaired) electrons. The molecule has 1 aromatic carbocycles. The topological polar surface area (TPSA) is 0 Å². The van der Waals surface area contributed by atoms with Gasteiger partial charge in [0.2, 0.25) is 0 Å². The summed E-state index contributed by atoms with van der Waals surface area (Å²) in [6.07, 6.45) is 0. The molecule has 0 saturated carbocycles. The second-order valence-corrected chi connectivity index (χ2v) is 1.08. The Morgan fingerprint density at radius 2 is 1.11 bits per heavy atom. The second-order valence-electron chi connectivity index (χ2n) is 1.08. The third-order valence-electron chi connectivity index (χ3n) is 0.607. The number of rotatable bonds is 0. The maximum atomic E-state index is 2.89. The van der Waals surface area contributed by atoms with Crippen LogP contribution >= 0.6 is 0 Å². The van der Waals surface area contributed by atoms with E-state index >= 15 is 0 Å². The van der Waals surface area contributed by atoms with Crippen molar-refractivity contribution in [2.75, 3.05) is 0 Å². The third-order valence-corrected chi connectivity index (χ3v) is 0.607. The van der Waals surface area contributed by atoms with Crippen molar-refractivity contribution in [2.45, 2.75) is 0 Å². The molecule has 0 aliphatic carbocycles. The fraction of sp³-hybridized carbons (Fsp3) is 0. The van der Waals surface area contributed by atoms with Crippen molar-refractivity contribution >= 4 is 88.7 Å². The smallest absolute Gasteiger partial charge is 0.0184 e. The Kier molecular flexibility index (Phi) is 24.8. The first kappa shape index (κ1) is 17.3. The summed E-state index contributed by atoms with van der Waals surface area (Å²) in [7, 11) is 0. The molecule has 35 valence electrons. The van der Waals surface area contributed by atoms with Crippen LogP contribution in [0.1, 0.15) is 0 Å². The van der Waals surface area contributed by atoms with E-state index in [0.29, 0.717) is 0 Å². The Hall–Kier alpha value is 2.22. The molecule has 0 unspecified atom stereocenters. The maximum absolute atomic E-state index is 2.89. The molecule has 0 N–H and O–H groups in total. The molecule has 3 heteroatoms. The fourth-order valence-electron chi connectivity index (χ4n) is 0.342. The molecule has 0 heterocycles. The van der Waals surface area contributed by atoms with Crippen LogP contribution in [-0.2, 0) is 0 Å². The zero-order valence-electron chi connectivity index (χ0n) is 3.39. The van der Waals surface area contributed by atoms with E-state index in [0.717, 1.165) is 0 Å². The van der Waals surface area contributed by atoms with Crippen molar-refractivity contribution in [2.24, 2.45) is 0 Å². The molecule has 0 aliphatic heterocycles. The molecule has 0 aliphatic rings. The van der Waals surface area contributed by atoms with E-state index in [2.05, 4.69) is 6.07 Å². The fourth-order valence-corrected chi connectivity index (χ4v) is 0.342. The predicted octanol–water partition coefficient (Wildman–Crippen LogP) is -0.459. The van der Waals surface area contributed by atoms with Gasteiger partial charge in [0.05, 0.1) is 0 Å². The van der Waals surface area contributed by atoms with Crippen molar-refractivity contribution in [3.05, 3.63) is 36.4 Å². The third kappa shape index (κ3) is 10.2. The van der Waals surface area contributed by atoms with E-state index in [-0.39, 0.29) is 88.7 Å². The Bertz CT molecular complexity index is 80.2. The zero-order chi connectivity index (χ0) is 4.24. The Labute approximate surface area is 123 Å². The summed E-state index contributed by atoms with van der Waals surface area (Å²) in [5.41, 5.74) is 0. The monoisotopic (exact) mass is 149 g/mol. The molecule has 9 heavy (non-hydrogen) atoms. The van der Waals surface area contributed by atoms with E-state index < -0.39 is 0 Å². The van der Waals surface area contributed by atoms with Crippen LogP contribution in [0.25, 0.3) is 0 Å². The van der Waals surface area contributed by atoms with Crippen molar-refractivity contribution < 1.29 is 0 Å². The molecule has 0 bridgehead atoms. The summed E-state index contributed by atoms with van der Waals surface area (Å²) in [5, 5.41) is 0. The minimum Gasteiger partial charge on any atom is -0.0622 e. The van der Waals surface area contributed by atoms with Gasteiger partial charge in [-0.1, -0.05) is 30.3 Å². The standard InChI is InChI=1S/C6H5.3Na.3H/c1-2-4-6-5-3-1;;;;;;/h1-5H;;;;;;. The summed E-state index contributed by atoms with van der Waals surface area (Å²) in [5.74, 6) is 0. The van der Waals surface area contributed by atoms with Gasteiger partial charge in [-0.05, 0) is 6.07 Å². The Morgan fingerprint density at radius 3 is 1.22 bits per heavy atom. The quantitative estimate of drug-likeness (QED) is 0.438. The maximum Gasteiger partial charge on any atom is -0.0184 e. The SMILES string of the molecule is [NaH].[NaH].[NaH].[c]1ccccc1. The van der Waals surface area contributed by atoms with Crippen molar-refractivity contribution in [3.63, 3.8) is 0 Å². The molecular weight excluding hydrogens is 141 g/mol. The van der Waals surface area contributed by atoms with E-state index in [9.17, 15) is 0 Å². The van der Waals surface area contributed by atoms with Gasteiger partial charge in [0.15, 0.2) is 0 Å². The largest absolute Gasteiger partial charge is 0.0622 e. The van der Waals surface area contributed by atoms with Crippen molar-refractivity contribution in [3.8, 4) is 0 Å². The summed E-state index contributed by atoms with van der Waals surface area (Å²) in [4.78, 5) is 0. The van der Waals surface area contributed by atoms with Gasteiger partial charge in [0, 0.05) is 0 Å². The van der Waals surface area contributed by atoms with Crippen LogP contribution in [0.5, 0.6) is 0 Å². The molecule has 0 spiro atoms. The number of benzene rings is 1. The van der Waals surface area contributed by atoms with Crippen LogP contribution in [0.3, 0.4) is 0 Å². The molecule has 0 fully saturated rings. The van der Waals surface area contributed by atoms with Crippen LogP contribution in [-0.4, -0.2) is 88.7 Å². The predicted molar refractivity (Wildman–Crippen MR) is 46.7 cm³/mol. The first-order valence-electron chi connectivity index (χ1n) is 1.91. The molecule has 0 atom stereocenters. The van der Waals surface area contributed by atoms with Crippen LogP contribution < -0.4 is 0 Å². The van der Waals surface area contributed by atoms with E-state index in [1.807, 2.05) is 30.3 Å². The second kappa shape index (κ2) is 12.9. The molecule has 0 aromatic heterocycles. The first-order valence-corrected chi connectivity index (χ1v) is 1.91. The van der Waals surface area contributed by atoms with Gasteiger partial charge < -0.3 is 0 Å². The van der Waals surface area contributed by atoms with Crippen LogP contribution in [0, 0.1) is 6.07 Å². The van der Waals surface area contributed by atoms with Crippen LogP contribution in [0.15, 0.2) is 30.3 Å². The average molecular weight is 149 g/mol. The van der Waals surface area contributed by atoms with Crippen LogP contribution in [0.2, 0.25) is 0 Å². The summed E-state index contributed by atoms with van der Waals surface area (Å²) in [6, 6.07) is 12.5. The molecule has 0 amide bonds. The Balaban J connectivity index is -0.000000120. The summed E-state index contributed by atoms with van der Waals surface area (Å²) in [6.45, 7) is 0. The van der Waals surface area contributed by atoms with Gasteiger partial charge in [-0.25, -0.2) is 0 Å². The molecule has 1 aromatic rings. The molecule has 0 nitrogen and oxygen atoms in total. The van der Waals surface area contributed by atoms with Crippen LogP contribution in [0.4, 0.5) is 0 Å². The van der Waals surface area contributed by atoms with E-state index in [4.69, 9.17) is 0 Å². The van der Waals surface area contributed by atoms with Gasteiger partial charge in [0.25, 0.3) is 0 Å². The van der Waals surface area contributed by atoms with E-state index in [1.54, 1.807) is 0 Å². The zero-order valence-corrected chi connectivity index (χ0v) is 3.39. The first-order chi connectivity index (χ1) is 3.00. The van der Waals surface area contributed by atoms with E-state index in [1.165, 1.54) is 0 Å². The average Bonchev–Trinajstić information content (AvgIpc) is 1.72. The molecule has 0 saturated heterocycles. The molecular formula is C6H8Na3.